The van der Waals surface area contributed by atoms with Crippen molar-refractivity contribution in [3.8, 4) is 11.3 Å². The van der Waals surface area contributed by atoms with Gasteiger partial charge in [-0.2, -0.15) is 5.01 Å². The lowest BCUT2D eigenvalue weighted by Gasteiger charge is -2.21. The normalized spacial score (nSPS) is 18.6. The van der Waals surface area contributed by atoms with E-state index in [0.717, 1.165) is 0 Å². The lowest BCUT2D eigenvalue weighted by molar-refractivity contribution is -0.132. The first-order valence-corrected chi connectivity index (χ1v) is 9.02. The second-order valence-corrected chi connectivity index (χ2v) is 7.03. The van der Waals surface area contributed by atoms with Crippen LogP contribution in [0.1, 0.15) is 23.0 Å². The minimum atomic E-state index is -1.29. The predicted molar refractivity (Wildman–Crippen MR) is 104 cm³/mol. The molecule has 1 atom stereocenters. The fourth-order valence-electron chi connectivity index (χ4n) is 3.03. The third-order valence-corrected chi connectivity index (χ3v) is 4.84. The summed E-state index contributed by atoms with van der Waals surface area (Å²) in [5.41, 5.74) is 2.13. The van der Waals surface area contributed by atoms with E-state index >= 15 is 0 Å². The molecule has 29 heavy (non-hydrogen) atoms. The van der Waals surface area contributed by atoms with Crippen molar-refractivity contribution in [2.75, 3.05) is 0 Å². The highest BCUT2D eigenvalue weighted by atomic mass is 35.5. The molecule has 4 rings (SSSR count). The number of nitrogens with zero attached hydrogens (tertiary/aromatic N) is 2. The Labute approximate surface area is 170 Å². The Hall–Kier alpha value is -3.65. The maximum absolute atomic E-state index is 12.8. The molecule has 1 unspecified atom stereocenters. The molecule has 1 aliphatic rings. The van der Waals surface area contributed by atoms with Gasteiger partial charge in [0.05, 0.1) is 0 Å². The highest BCUT2D eigenvalue weighted by molar-refractivity contribution is 6.30. The van der Waals surface area contributed by atoms with Gasteiger partial charge in [-0.15, -0.1) is 0 Å². The fourth-order valence-corrected chi connectivity index (χ4v) is 3.22. The number of nitrogens with one attached hydrogen (secondary N) is 2. The minimum Gasteiger partial charge on any atom is -0.355 e. The molecule has 1 aliphatic heterocycles. The Bertz CT molecular complexity index is 1110. The van der Waals surface area contributed by atoms with E-state index in [9.17, 15) is 14.4 Å². The van der Waals surface area contributed by atoms with Gasteiger partial charge in [-0.1, -0.05) is 59.2 Å². The molecular formula is C20H15ClN4O4. The van der Waals surface area contributed by atoms with Gasteiger partial charge in [0.25, 0.3) is 11.8 Å². The molecule has 2 N–H and O–H groups in total. The summed E-state index contributed by atoms with van der Waals surface area (Å²) < 4.78 is 5.18. The summed E-state index contributed by atoms with van der Waals surface area (Å²) >= 11 is 5.96. The average molecular weight is 411 g/mol. The second kappa shape index (κ2) is 7.06. The topological polar surface area (TPSA) is 105 Å². The Morgan fingerprint density at radius 1 is 1.14 bits per heavy atom. The van der Waals surface area contributed by atoms with Crippen LogP contribution in [0.5, 0.6) is 0 Å². The van der Waals surface area contributed by atoms with Gasteiger partial charge in [-0.25, -0.2) is 4.79 Å². The summed E-state index contributed by atoms with van der Waals surface area (Å²) in [6.07, 6.45) is 0. The van der Waals surface area contributed by atoms with Gasteiger partial charge < -0.3 is 9.84 Å². The number of benzene rings is 2. The lowest BCUT2D eigenvalue weighted by Crippen LogP contribution is -2.48. The van der Waals surface area contributed by atoms with Crippen molar-refractivity contribution in [1.82, 2.24) is 20.9 Å². The highest BCUT2D eigenvalue weighted by Crippen LogP contribution is 2.28. The number of aromatic nitrogens is 1. The second-order valence-electron chi connectivity index (χ2n) is 6.59. The van der Waals surface area contributed by atoms with Crippen molar-refractivity contribution in [3.05, 3.63) is 76.9 Å². The zero-order valence-corrected chi connectivity index (χ0v) is 15.9. The van der Waals surface area contributed by atoms with Crippen LogP contribution in [0.4, 0.5) is 4.79 Å². The number of carbonyl (C=O) groups is 3. The maximum Gasteiger partial charge on any atom is 0.344 e. The van der Waals surface area contributed by atoms with Crippen molar-refractivity contribution in [2.24, 2.45) is 0 Å². The minimum absolute atomic E-state index is 0.0890. The molecule has 146 valence electrons. The summed E-state index contributed by atoms with van der Waals surface area (Å²) in [5, 5.41) is 7.46. The molecule has 1 saturated heterocycles. The van der Waals surface area contributed by atoms with Gasteiger partial charge in [0.1, 0.15) is 5.54 Å². The molecule has 1 fully saturated rings. The molecule has 0 saturated carbocycles. The quantitative estimate of drug-likeness (QED) is 0.643. The summed E-state index contributed by atoms with van der Waals surface area (Å²) in [6, 6.07) is 16.3. The van der Waals surface area contributed by atoms with E-state index in [0.29, 0.717) is 26.9 Å². The molecule has 8 nitrogen and oxygen atoms in total. The van der Waals surface area contributed by atoms with Crippen molar-refractivity contribution in [1.29, 1.82) is 0 Å². The molecule has 9 heteroatoms. The maximum atomic E-state index is 12.8. The van der Waals surface area contributed by atoms with Crippen LogP contribution in [-0.4, -0.2) is 28.0 Å². The number of hydrogen-bond acceptors (Lipinski definition) is 5. The molecular weight excluding hydrogens is 396 g/mol. The van der Waals surface area contributed by atoms with Gasteiger partial charge >= 0.3 is 6.03 Å². The Kier molecular flexibility index (Phi) is 4.56. The third-order valence-electron chi connectivity index (χ3n) is 4.61. The van der Waals surface area contributed by atoms with Gasteiger partial charge in [-0.3, -0.25) is 15.0 Å². The summed E-state index contributed by atoms with van der Waals surface area (Å²) in [6.45, 7) is 1.57. The number of hydrogen-bond donors (Lipinski definition) is 2. The third kappa shape index (κ3) is 3.34. The average Bonchev–Trinajstić information content (AvgIpc) is 3.29. The number of urea groups is 1. The zero-order valence-electron chi connectivity index (χ0n) is 15.2. The van der Waals surface area contributed by atoms with Crippen LogP contribution in [0.15, 0.2) is 65.2 Å². The Balaban J connectivity index is 1.53. The van der Waals surface area contributed by atoms with Crippen molar-refractivity contribution >= 4 is 29.4 Å². The molecule has 1 aromatic heterocycles. The highest BCUT2D eigenvalue weighted by Gasteiger charge is 2.50. The Morgan fingerprint density at radius 2 is 1.90 bits per heavy atom. The first-order chi connectivity index (χ1) is 13.9. The lowest BCUT2D eigenvalue weighted by atomic mass is 9.92. The van der Waals surface area contributed by atoms with Gasteiger partial charge in [0, 0.05) is 16.7 Å². The standard InChI is InChI=1S/C20H15ClN4O4/c1-20(13-7-3-2-4-8-13)18(27)25(19(28)22-20)23-17(26)15-11-16(29-24-15)12-6-5-9-14(21)10-12/h2-11H,1H3,(H,22,28)(H,23,26). The van der Waals surface area contributed by atoms with Crippen molar-refractivity contribution < 1.29 is 18.9 Å². The first-order valence-electron chi connectivity index (χ1n) is 8.64. The monoisotopic (exact) mass is 410 g/mol. The van der Waals surface area contributed by atoms with Crippen LogP contribution in [0.2, 0.25) is 5.02 Å². The van der Waals surface area contributed by atoms with Crippen molar-refractivity contribution in [2.45, 2.75) is 12.5 Å². The van der Waals surface area contributed by atoms with E-state index in [1.165, 1.54) is 6.07 Å². The van der Waals surface area contributed by atoms with E-state index in [4.69, 9.17) is 16.1 Å². The predicted octanol–water partition coefficient (Wildman–Crippen LogP) is 3.11. The number of hydrazine groups is 1. The number of rotatable bonds is 4. The number of imide groups is 1. The zero-order chi connectivity index (χ0) is 20.6. The van der Waals surface area contributed by atoms with Crippen LogP contribution in [0.3, 0.4) is 0 Å². The summed E-state index contributed by atoms with van der Waals surface area (Å²) in [7, 11) is 0. The van der Waals surface area contributed by atoms with E-state index in [1.807, 2.05) is 0 Å². The van der Waals surface area contributed by atoms with Crippen LogP contribution < -0.4 is 10.7 Å². The van der Waals surface area contributed by atoms with Gasteiger partial charge in [-0.05, 0) is 24.6 Å². The van der Waals surface area contributed by atoms with Crippen LogP contribution >= 0.6 is 11.6 Å². The molecule has 2 aromatic carbocycles. The van der Waals surface area contributed by atoms with E-state index < -0.39 is 23.4 Å². The molecule has 0 spiro atoms. The number of carbonyl (C=O) groups excluding carboxylic acids is 3. The van der Waals surface area contributed by atoms with Crippen LogP contribution in [-0.2, 0) is 10.3 Å². The first kappa shape index (κ1) is 18.7. The van der Waals surface area contributed by atoms with E-state index in [2.05, 4.69) is 15.9 Å². The van der Waals surface area contributed by atoms with E-state index in [-0.39, 0.29) is 5.69 Å². The molecule has 0 bridgehead atoms. The summed E-state index contributed by atoms with van der Waals surface area (Å²) in [5.74, 6) is -1.05. The largest absolute Gasteiger partial charge is 0.355 e. The van der Waals surface area contributed by atoms with E-state index in [1.54, 1.807) is 61.5 Å². The molecule has 3 aromatic rings. The SMILES string of the molecule is CC1(c2ccccc2)NC(=O)N(NC(=O)c2cc(-c3cccc(Cl)c3)on2)C1=O. The number of amides is 4. The molecule has 0 radical (unpaired) electrons. The summed E-state index contributed by atoms with van der Waals surface area (Å²) in [4.78, 5) is 37.7. The fraction of sp³-hybridized carbons (Fsp3) is 0.100. The van der Waals surface area contributed by atoms with Gasteiger partial charge in [0.2, 0.25) is 0 Å². The van der Waals surface area contributed by atoms with Crippen molar-refractivity contribution in [3.63, 3.8) is 0 Å². The number of halogens is 1. The molecule has 0 aliphatic carbocycles. The van der Waals surface area contributed by atoms with Crippen LogP contribution in [0.25, 0.3) is 11.3 Å². The molecule has 2 heterocycles. The van der Waals surface area contributed by atoms with Crippen LogP contribution in [0, 0.1) is 0 Å². The smallest absolute Gasteiger partial charge is 0.344 e. The van der Waals surface area contributed by atoms with Gasteiger partial charge in [0.15, 0.2) is 11.5 Å². The Morgan fingerprint density at radius 3 is 2.62 bits per heavy atom. The molecule has 4 amide bonds.